The molecule has 0 atom stereocenters. The number of likely N-dealkylation sites (N-methyl/N-ethyl adjacent to an activating group) is 1. The number of halogens is 1. The Bertz CT molecular complexity index is 642. The minimum absolute atomic E-state index is 0.643. The summed E-state index contributed by atoms with van der Waals surface area (Å²) in [4.78, 5) is 4.64. The molecule has 1 aliphatic heterocycles. The number of hydrogen-bond donors (Lipinski definition) is 1. The molecule has 0 fully saturated rings. The molecule has 0 radical (unpaired) electrons. The molecule has 0 amide bonds. The Morgan fingerprint density at radius 1 is 1.05 bits per heavy atom. The zero-order valence-corrected chi connectivity index (χ0v) is 13.0. The number of hydrogen-bond acceptors (Lipinski definition) is 3. The zero-order valence-electron chi connectivity index (χ0n) is 12.2. The van der Waals surface area contributed by atoms with Gasteiger partial charge < -0.3 is 15.5 Å². The van der Waals surface area contributed by atoms with Gasteiger partial charge in [0.1, 0.15) is 0 Å². The molecule has 0 aromatic heterocycles. The third-order valence-corrected chi connectivity index (χ3v) is 4.23. The van der Waals surface area contributed by atoms with Gasteiger partial charge in [-0.3, -0.25) is 0 Å². The van der Waals surface area contributed by atoms with E-state index in [0.717, 1.165) is 24.5 Å². The first-order chi connectivity index (χ1) is 10.2. The van der Waals surface area contributed by atoms with Crippen LogP contribution in [0.15, 0.2) is 42.5 Å². The van der Waals surface area contributed by atoms with Crippen LogP contribution in [-0.2, 0) is 6.42 Å². The van der Waals surface area contributed by atoms with Crippen LogP contribution < -0.4 is 15.5 Å². The van der Waals surface area contributed by atoms with E-state index in [0.29, 0.717) is 6.54 Å². The maximum absolute atomic E-state index is 6.22. The van der Waals surface area contributed by atoms with Crippen LogP contribution >= 0.6 is 11.6 Å². The monoisotopic (exact) mass is 301 g/mol. The highest BCUT2D eigenvalue weighted by molar-refractivity contribution is 6.30. The number of para-hydroxylation sites is 2. The molecule has 1 heterocycles. The summed E-state index contributed by atoms with van der Waals surface area (Å²) in [5.41, 5.74) is 10.7. The first-order valence-electron chi connectivity index (χ1n) is 7.27. The van der Waals surface area contributed by atoms with E-state index < -0.39 is 0 Å². The Kier molecular flexibility index (Phi) is 4.04. The molecule has 0 bridgehead atoms. The van der Waals surface area contributed by atoms with Gasteiger partial charge in [0.25, 0.3) is 0 Å². The average molecular weight is 302 g/mol. The highest BCUT2D eigenvalue weighted by Gasteiger charge is 2.22. The molecule has 3 nitrogen and oxygen atoms in total. The van der Waals surface area contributed by atoms with Crippen molar-refractivity contribution in [2.24, 2.45) is 5.73 Å². The lowest BCUT2D eigenvalue weighted by atomic mass is 10.1. The van der Waals surface area contributed by atoms with E-state index in [4.69, 9.17) is 17.3 Å². The van der Waals surface area contributed by atoms with Gasteiger partial charge in [-0.05, 0) is 42.8 Å². The Labute approximate surface area is 130 Å². The third-order valence-electron chi connectivity index (χ3n) is 3.99. The molecule has 0 saturated heterocycles. The maximum Gasteiger partial charge on any atom is 0.0649 e. The molecule has 1 aliphatic rings. The fourth-order valence-electron chi connectivity index (χ4n) is 2.91. The molecule has 110 valence electrons. The summed E-state index contributed by atoms with van der Waals surface area (Å²) < 4.78 is 0. The highest BCUT2D eigenvalue weighted by Crippen LogP contribution is 2.39. The summed E-state index contributed by atoms with van der Waals surface area (Å²) in [5, 5.41) is 0.766. The molecule has 21 heavy (non-hydrogen) atoms. The number of anilines is 3. The summed E-state index contributed by atoms with van der Waals surface area (Å²) in [6.07, 6.45) is 0.862. The fraction of sp³-hybridized carbons (Fsp3) is 0.294. The number of nitrogens with two attached hydrogens (primary N) is 1. The second-order valence-corrected chi connectivity index (χ2v) is 5.81. The molecule has 2 N–H and O–H groups in total. The quantitative estimate of drug-likeness (QED) is 0.943. The number of fused-ring (bicyclic) bond motifs is 1. The van der Waals surface area contributed by atoms with Crippen LogP contribution in [0.4, 0.5) is 17.1 Å². The van der Waals surface area contributed by atoms with Gasteiger partial charge in [-0.2, -0.15) is 0 Å². The van der Waals surface area contributed by atoms with E-state index >= 15 is 0 Å². The van der Waals surface area contributed by atoms with Crippen molar-refractivity contribution in [3.05, 3.63) is 53.1 Å². The number of nitrogens with zero attached hydrogens (tertiary/aromatic N) is 2. The maximum atomic E-state index is 6.22. The first-order valence-corrected chi connectivity index (χ1v) is 7.64. The fourth-order valence-corrected chi connectivity index (χ4v) is 3.08. The van der Waals surface area contributed by atoms with Crippen LogP contribution in [0.5, 0.6) is 0 Å². The third kappa shape index (κ3) is 2.71. The van der Waals surface area contributed by atoms with Crippen LogP contribution in [-0.4, -0.2) is 26.7 Å². The van der Waals surface area contributed by atoms with Crippen molar-refractivity contribution in [3.8, 4) is 0 Å². The Balaban J connectivity index is 2.09. The van der Waals surface area contributed by atoms with Crippen LogP contribution in [0.1, 0.15) is 5.56 Å². The van der Waals surface area contributed by atoms with E-state index in [1.807, 2.05) is 6.07 Å². The zero-order chi connectivity index (χ0) is 14.8. The molecule has 0 spiro atoms. The largest absolute Gasteiger partial charge is 0.371 e. The predicted octanol–water partition coefficient (Wildman–Crippen LogP) is 3.43. The molecule has 0 unspecified atom stereocenters. The van der Waals surface area contributed by atoms with E-state index in [9.17, 15) is 0 Å². The SMILES string of the molecule is CN1CCN(c2cc(Cl)ccc2CCN)c2ccccc21. The lowest BCUT2D eigenvalue weighted by Gasteiger charge is -2.38. The molecule has 0 aliphatic carbocycles. The highest BCUT2D eigenvalue weighted by atomic mass is 35.5. The normalized spacial score (nSPS) is 14.2. The molecular weight excluding hydrogens is 282 g/mol. The molecular formula is C17H20ClN3. The second kappa shape index (κ2) is 5.96. The van der Waals surface area contributed by atoms with Crippen molar-refractivity contribution < 1.29 is 0 Å². The lowest BCUT2D eigenvalue weighted by Crippen LogP contribution is -2.36. The van der Waals surface area contributed by atoms with Crippen molar-refractivity contribution in [2.75, 3.05) is 36.5 Å². The standard InChI is InChI=1S/C17H20ClN3/c1-20-10-11-21(16-5-3-2-4-15(16)20)17-12-14(18)7-6-13(17)8-9-19/h2-7,12H,8-11,19H2,1H3. The van der Waals surface area contributed by atoms with Gasteiger partial charge in [-0.25, -0.2) is 0 Å². The molecule has 2 aromatic carbocycles. The summed E-state index contributed by atoms with van der Waals surface area (Å²) in [6.45, 7) is 2.58. The molecule has 3 rings (SSSR count). The topological polar surface area (TPSA) is 32.5 Å². The van der Waals surface area contributed by atoms with E-state index in [-0.39, 0.29) is 0 Å². The first kappa shape index (κ1) is 14.2. The van der Waals surface area contributed by atoms with Gasteiger partial charge in [-0.1, -0.05) is 29.8 Å². The number of benzene rings is 2. The van der Waals surface area contributed by atoms with Crippen molar-refractivity contribution in [1.82, 2.24) is 0 Å². The summed E-state index contributed by atoms with van der Waals surface area (Å²) in [7, 11) is 2.13. The average Bonchev–Trinajstić information content (AvgIpc) is 2.50. The van der Waals surface area contributed by atoms with Crippen molar-refractivity contribution in [3.63, 3.8) is 0 Å². The molecule has 0 saturated carbocycles. The Morgan fingerprint density at radius 2 is 1.81 bits per heavy atom. The van der Waals surface area contributed by atoms with Crippen molar-refractivity contribution >= 4 is 28.7 Å². The van der Waals surface area contributed by atoms with E-state index in [1.54, 1.807) is 0 Å². The van der Waals surface area contributed by atoms with Gasteiger partial charge in [0.15, 0.2) is 0 Å². The van der Waals surface area contributed by atoms with Gasteiger partial charge in [0.2, 0.25) is 0 Å². The van der Waals surface area contributed by atoms with E-state index in [1.165, 1.54) is 22.6 Å². The summed E-state index contributed by atoms with van der Waals surface area (Å²) >= 11 is 6.22. The smallest absolute Gasteiger partial charge is 0.0649 e. The lowest BCUT2D eigenvalue weighted by molar-refractivity contribution is 0.816. The molecule has 4 heteroatoms. The van der Waals surface area contributed by atoms with E-state index in [2.05, 4.69) is 53.2 Å². The van der Waals surface area contributed by atoms with Crippen LogP contribution in [0.3, 0.4) is 0 Å². The summed E-state index contributed by atoms with van der Waals surface area (Å²) in [6, 6.07) is 14.6. The number of rotatable bonds is 3. The van der Waals surface area contributed by atoms with Crippen LogP contribution in [0.25, 0.3) is 0 Å². The van der Waals surface area contributed by atoms with Gasteiger partial charge in [0, 0.05) is 30.8 Å². The predicted molar refractivity (Wildman–Crippen MR) is 90.9 cm³/mol. The van der Waals surface area contributed by atoms with Crippen molar-refractivity contribution in [2.45, 2.75) is 6.42 Å². The Hall–Kier alpha value is -1.71. The van der Waals surface area contributed by atoms with Gasteiger partial charge in [0.05, 0.1) is 11.4 Å². The molecule has 2 aromatic rings. The second-order valence-electron chi connectivity index (χ2n) is 5.37. The minimum atomic E-state index is 0.643. The van der Waals surface area contributed by atoms with Gasteiger partial charge >= 0.3 is 0 Å². The summed E-state index contributed by atoms with van der Waals surface area (Å²) in [5.74, 6) is 0. The Morgan fingerprint density at radius 3 is 2.57 bits per heavy atom. The van der Waals surface area contributed by atoms with Crippen LogP contribution in [0.2, 0.25) is 5.02 Å². The van der Waals surface area contributed by atoms with Crippen LogP contribution in [0, 0.1) is 0 Å². The van der Waals surface area contributed by atoms with Gasteiger partial charge in [-0.15, -0.1) is 0 Å². The van der Waals surface area contributed by atoms with Crippen molar-refractivity contribution in [1.29, 1.82) is 0 Å². The minimum Gasteiger partial charge on any atom is -0.371 e.